The average molecular weight is 294 g/mol. The van der Waals surface area contributed by atoms with E-state index in [0.717, 1.165) is 6.42 Å². The average Bonchev–Trinajstić information content (AvgIpc) is 2.46. The van der Waals surface area contributed by atoms with E-state index in [0.29, 0.717) is 5.75 Å². The third-order valence-electron chi connectivity index (χ3n) is 3.78. The summed E-state index contributed by atoms with van der Waals surface area (Å²) in [7, 11) is 3.14. The van der Waals surface area contributed by atoms with Crippen LogP contribution in [0.5, 0.6) is 5.75 Å². The highest BCUT2D eigenvalue weighted by Crippen LogP contribution is 2.24. The third kappa shape index (κ3) is 3.87. The van der Waals surface area contributed by atoms with Gasteiger partial charge in [0.2, 0.25) is 0 Å². The number of hydrogen-bond acceptors (Lipinski definition) is 3. The zero-order chi connectivity index (χ0) is 16.2. The number of carbonyl (C=O) groups excluding carboxylic acids is 1. The number of methoxy groups -OCH3 is 1. The number of amides is 2. The van der Waals surface area contributed by atoms with Crippen LogP contribution in [0, 0.1) is 0 Å². The molecule has 2 N–H and O–H groups in total. The minimum Gasteiger partial charge on any atom is -0.497 e. The van der Waals surface area contributed by atoms with Crippen LogP contribution in [-0.2, 0) is 0 Å². The predicted octanol–water partition coefficient (Wildman–Crippen LogP) is 3.05. The van der Waals surface area contributed by atoms with Crippen molar-refractivity contribution < 1.29 is 19.4 Å². The number of carbonyl (C=O) groups is 2. The van der Waals surface area contributed by atoms with Crippen LogP contribution in [0.2, 0.25) is 0 Å². The van der Waals surface area contributed by atoms with Crippen LogP contribution in [0.15, 0.2) is 18.2 Å². The summed E-state index contributed by atoms with van der Waals surface area (Å²) in [5.41, 5.74) is -0.0857. The molecule has 0 aliphatic carbocycles. The summed E-state index contributed by atoms with van der Waals surface area (Å²) in [5.74, 6) is -0.700. The molecule has 0 saturated heterocycles. The lowest BCUT2D eigenvalue weighted by atomic mass is 10.0. The number of nitrogens with zero attached hydrogens (tertiary/aromatic N) is 1. The van der Waals surface area contributed by atoms with E-state index in [1.54, 1.807) is 18.0 Å². The molecule has 0 fully saturated rings. The van der Waals surface area contributed by atoms with Gasteiger partial charge >= 0.3 is 12.0 Å². The minimum absolute atomic E-state index is 0.00888. The summed E-state index contributed by atoms with van der Waals surface area (Å²) >= 11 is 0. The molecule has 0 aromatic heterocycles. The smallest absolute Gasteiger partial charge is 0.337 e. The van der Waals surface area contributed by atoms with Gasteiger partial charge in [0.05, 0.1) is 18.4 Å². The molecule has 2 amide bonds. The molecule has 0 spiro atoms. The van der Waals surface area contributed by atoms with E-state index >= 15 is 0 Å². The summed E-state index contributed by atoms with van der Waals surface area (Å²) in [4.78, 5) is 25.1. The number of urea groups is 1. The van der Waals surface area contributed by atoms with Gasteiger partial charge in [0.1, 0.15) is 5.75 Å². The van der Waals surface area contributed by atoms with Crippen molar-refractivity contribution in [1.82, 2.24) is 4.90 Å². The summed E-state index contributed by atoms with van der Waals surface area (Å²) < 4.78 is 5.00. The maximum atomic E-state index is 12.2. The Morgan fingerprint density at radius 1 is 1.38 bits per heavy atom. The van der Waals surface area contributed by atoms with Gasteiger partial charge in [-0.05, 0) is 38.5 Å². The first kappa shape index (κ1) is 16.8. The highest BCUT2D eigenvalue weighted by molar-refractivity contribution is 6.00. The summed E-state index contributed by atoms with van der Waals surface area (Å²) in [6.07, 6.45) is 0.783. The van der Waals surface area contributed by atoms with Gasteiger partial charge in [-0.1, -0.05) is 6.92 Å². The number of benzene rings is 1. The van der Waals surface area contributed by atoms with E-state index in [-0.39, 0.29) is 22.8 Å². The predicted molar refractivity (Wildman–Crippen MR) is 81.1 cm³/mol. The Morgan fingerprint density at radius 2 is 2.00 bits per heavy atom. The third-order valence-corrected chi connectivity index (χ3v) is 3.78. The van der Waals surface area contributed by atoms with Crippen molar-refractivity contribution in [3.05, 3.63) is 23.8 Å². The maximum Gasteiger partial charge on any atom is 0.337 e. The molecule has 0 aliphatic rings. The lowest BCUT2D eigenvalue weighted by Gasteiger charge is -2.34. The monoisotopic (exact) mass is 294 g/mol. The van der Waals surface area contributed by atoms with Crippen LogP contribution < -0.4 is 10.1 Å². The first-order chi connectivity index (χ1) is 9.72. The second-order valence-corrected chi connectivity index (χ2v) is 5.37. The van der Waals surface area contributed by atoms with Crippen LogP contribution in [0.4, 0.5) is 10.5 Å². The number of ether oxygens (including phenoxy) is 1. The van der Waals surface area contributed by atoms with Crippen LogP contribution in [0.1, 0.15) is 37.6 Å². The van der Waals surface area contributed by atoms with Crippen LogP contribution in [0.3, 0.4) is 0 Å². The van der Waals surface area contributed by atoms with Crippen molar-refractivity contribution in [3.8, 4) is 5.75 Å². The fourth-order valence-electron chi connectivity index (χ4n) is 1.65. The normalized spacial score (nSPS) is 10.9. The Morgan fingerprint density at radius 3 is 2.48 bits per heavy atom. The SMILES string of the molecule is CCC(C)(C)N(C)C(=O)Nc1ccc(OC)cc1C(=O)O. The first-order valence-corrected chi connectivity index (χ1v) is 6.69. The van der Waals surface area contributed by atoms with Crippen molar-refractivity contribution >= 4 is 17.7 Å². The Labute approximate surface area is 124 Å². The molecule has 0 unspecified atom stereocenters. The van der Waals surface area contributed by atoms with Gasteiger partial charge in [-0.25, -0.2) is 9.59 Å². The fraction of sp³-hybridized carbons (Fsp3) is 0.467. The number of carboxylic acid groups (broad SMARTS) is 1. The number of carboxylic acids is 1. The molecule has 0 bridgehead atoms. The number of aromatic carboxylic acids is 1. The van der Waals surface area contributed by atoms with E-state index in [1.807, 2.05) is 20.8 Å². The lowest BCUT2D eigenvalue weighted by molar-refractivity contribution is 0.0697. The molecule has 6 nitrogen and oxygen atoms in total. The number of nitrogens with one attached hydrogen (secondary N) is 1. The van der Waals surface area contributed by atoms with Crippen molar-refractivity contribution in [3.63, 3.8) is 0 Å². The highest BCUT2D eigenvalue weighted by Gasteiger charge is 2.26. The Hall–Kier alpha value is -2.24. The van der Waals surface area contributed by atoms with Gasteiger partial charge in [-0.15, -0.1) is 0 Å². The fourth-order valence-corrected chi connectivity index (χ4v) is 1.65. The summed E-state index contributed by atoms with van der Waals surface area (Å²) in [6.45, 7) is 5.87. The largest absolute Gasteiger partial charge is 0.497 e. The molecule has 0 saturated carbocycles. The molecule has 21 heavy (non-hydrogen) atoms. The molecule has 6 heteroatoms. The lowest BCUT2D eigenvalue weighted by Crippen LogP contribution is -2.46. The standard InChI is InChI=1S/C15H22N2O4/c1-6-15(2,3)17(4)14(20)16-12-8-7-10(21-5)9-11(12)13(18)19/h7-9H,6H2,1-5H3,(H,16,20)(H,18,19). The van der Waals surface area contributed by atoms with Crippen LogP contribution in [0.25, 0.3) is 0 Å². The van der Waals surface area contributed by atoms with Crippen molar-refractivity contribution in [2.75, 3.05) is 19.5 Å². The van der Waals surface area contributed by atoms with E-state index in [9.17, 15) is 14.7 Å². The minimum atomic E-state index is -1.12. The van der Waals surface area contributed by atoms with E-state index in [2.05, 4.69) is 5.32 Å². The van der Waals surface area contributed by atoms with E-state index in [4.69, 9.17) is 4.74 Å². The Balaban J connectivity index is 3.03. The topological polar surface area (TPSA) is 78.9 Å². The van der Waals surface area contributed by atoms with Gasteiger partial charge in [-0.3, -0.25) is 0 Å². The van der Waals surface area contributed by atoms with Gasteiger partial charge in [0.15, 0.2) is 0 Å². The second-order valence-electron chi connectivity index (χ2n) is 5.37. The van der Waals surface area contributed by atoms with Crippen molar-refractivity contribution in [2.24, 2.45) is 0 Å². The van der Waals surface area contributed by atoms with Gasteiger partial charge < -0.3 is 20.1 Å². The second kappa shape index (κ2) is 6.47. The molecular weight excluding hydrogens is 272 g/mol. The zero-order valence-corrected chi connectivity index (χ0v) is 13.1. The molecule has 0 heterocycles. The number of hydrogen-bond donors (Lipinski definition) is 2. The summed E-state index contributed by atoms with van der Waals surface area (Å²) in [6, 6.07) is 4.15. The Kier molecular flexibility index (Phi) is 5.18. The molecule has 116 valence electrons. The molecule has 0 aliphatic heterocycles. The van der Waals surface area contributed by atoms with Crippen LogP contribution >= 0.6 is 0 Å². The van der Waals surface area contributed by atoms with E-state index in [1.165, 1.54) is 19.2 Å². The quantitative estimate of drug-likeness (QED) is 0.874. The molecule has 0 radical (unpaired) electrons. The van der Waals surface area contributed by atoms with Crippen molar-refractivity contribution in [2.45, 2.75) is 32.7 Å². The molecule has 1 aromatic carbocycles. The first-order valence-electron chi connectivity index (χ1n) is 6.69. The Bertz CT molecular complexity index is 540. The number of anilines is 1. The van der Waals surface area contributed by atoms with Gasteiger partial charge in [0, 0.05) is 12.6 Å². The zero-order valence-electron chi connectivity index (χ0n) is 13.1. The van der Waals surface area contributed by atoms with E-state index < -0.39 is 5.97 Å². The summed E-state index contributed by atoms with van der Waals surface area (Å²) in [5, 5.41) is 11.9. The maximum absolute atomic E-state index is 12.2. The molecule has 1 aromatic rings. The highest BCUT2D eigenvalue weighted by atomic mass is 16.5. The van der Waals surface area contributed by atoms with Crippen molar-refractivity contribution in [1.29, 1.82) is 0 Å². The van der Waals surface area contributed by atoms with Gasteiger partial charge in [0.25, 0.3) is 0 Å². The molecule has 0 atom stereocenters. The molecule has 1 rings (SSSR count). The van der Waals surface area contributed by atoms with Crippen LogP contribution in [-0.4, -0.2) is 41.7 Å². The molecular formula is C15H22N2O4. The number of rotatable bonds is 5. The van der Waals surface area contributed by atoms with Gasteiger partial charge in [-0.2, -0.15) is 0 Å².